The molecule has 0 spiro atoms. The molecule has 1 rings (SSSR count). The lowest BCUT2D eigenvalue weighted by Crippen LogP contribution is -1.89. The highest BCUT2D eigenvalue weighted by Gasteiger charge is 2.06. The number of benzene rings is 1. The van der Waals surface area contributed by atoms with Crippen molar-refractivity contribution in [1.29, 1.82) is 0 Å². The predicted octanol–water partition coefficient (Wildman–Crippen LogP) is 3.12. The Bertz CT molecular complexity index is 383. The molecule has 1 N–H and O–H groups in total. The molecule has 0 aliphatic heterocycles. The number of phenols is 1. The summed E-state index contributed by atoms with van der Waals surface area (Å²) in [6.07, 6.45) is 1.80. The maximum Gasteiger partial charge on any atom is 0.122 e. The Morgan fingerprint density at radius 2 is 1.92 bits per heavy atom. The van der Waals surface area contributed by atoms with E-state index in [0.717, 1.165) is 22.3 Å². The fraction of sp³-hybridized carbons (Fsp3) is 0.250. The van der Waals surface area contributed by atoms with Gasteiger partial charge in [0.05, 0.1) is 0 Å². The van der Waals surface area contributed by atoms with Crippen LogP contribution in [-0.4, -0.2) is 5.11 Å². The van der Waals surface area contributed by atoms with E-state index in [-0.39, 0.29) is 0 Å². The molecule has 1 aromatic carbocycles. The average Bonchev–Trinajstić information content (AvgIpc) is 2.09. The standard InChI is InChI=1S/C12H14O/c1-5-6-11-8(2)7-9(3)12(13)10(11)4/h6-7,13H,1H2,2-4H3. The van der Waals surface area contributed by atoms with Crippen LogP contribution < -0.4 is 0 Å². The van der Waals surface area contributed by atoms with Crippen LogP contribution in [0.25, 0.3) is 6.08 Å². The Morgan fingerprint density at radius 3 is 2.46 bits per heavy atom. The van der Waals surface area contributed by atoms with E-state index in [4.69, 9.17) is 0 Å². The van der Waals surface area contributed by atoms with Gasteiger partial charge >= 0.3 is 0 Å². The van der Waals surface area contributed by atoms with Gasteiger partial charge in [0.1, 0.15) is 5.75 Å². The van der Waals surface area contributed by atoms with E-state index < -0.39 is 0 Å². The number of hydrogen-bond acceptors (Lipinski definition) is 1. The summed E-state index contributed by atoms with van der Waals surface area (Å²) >= 11 is 0. The van der Waals surface area contributed by atoms with Crippen LogP contribution in [0.5, 0.6) is 5.75 Å². The van der Waals surface area contributed by atoms with Crippen molar-refractivity contribution in [3.05, 3.63) is 40.6 Å². The molecular formula is C12H14O. The topological polar surface area (TPSA) is 20.2 Å². The Hall–Kier alpha value is -1.46. The first-order valence-electron chi connectivity index (χ1n) is 4.23. The van der Waals surface area contributed by atoms with Crippen LogP contribution in [0.15, 0.2) is 18.4 Å². The van der Waals surface area contributed by atoms with Gasteiger partial charge in [0.2, 0.25) is 0 Å². The molecule has 0 fully saturated rings. The molecule has 0 bridgehead atoms. The van der Waals surface area contributed by atoms with Crippen molar-refractivity contribution in [2.24, 2.45) is 0 Å². The van der Waals surface area contributed by atoms with E-state index >= 15 is 0 Å². The third kappa shape index (κ3) is 1.66. The lowest BCUT2D eigenvalue weighted by molar-refractivity contribution is 0.466. The first-order valence-corrected chi connectivity index (χ1v) is 4.23. The van der Waals surface area contributed by atoms with Crippen molar-refractivity contribution < 1.29 is 5.11 Å². The van der Waals surface area contributed by atoms with Gasteiger partial charge in [-0.3, -0.25) is 0 Å². The molecule has 0 saturated carbocycles. The molecule has 0 aromatic heterocycles. The Morgan fingerprint density at radius 1 is 1.31 bits per heavy atom. The van der Waals surface area contributed by atoms with Gasteiger partial charge in [0.15, 0.2) is 0 Å². The van der Waals surface area contributed by atoms with Crippen molar-refractivity contribution in [3.8, 4) is 5.75 Å². The van der Waals surface area contributed by atoms with Crippen LogP contribution in [0.1, 0.15) is 22.3 Å². The van der Waals surface area contributed by atoms with Crippen molar-refractivity contribution >= 4 is 6.08 Å². The maximum atomic E-state index is 9.67. The number of hydrogen-bond donors (Lipinski definition) is 1. The second-order valence-electron chi connectivity index (χ2n) is 3.25. The Labute approximate surface area is 79.0 Å². The summed E-state index contributed by atoms with van der Waals surface area (Å²) in [7, 11) is 0. The summed E-state index contributed by atoms with van der Waals surface area (Å²) in [5.41, 5.74) is 6.69. The van der Waals surface area contributed by atoms with Crippen LogP contribution >= 0.6 is 0 Å². The van der Waals surface area contributed by atoms with Crippen LogP contribution in [0, 0.1) is 20.8 Å². The van der Waals surface area contributed by atoms with E-state index in [1.807, 2.05) is 26.8 Å². The first kappa shape index (κ1) is 9.63. The lowest BCUT2D eigenvalue weighted by Gasteiger charge is -2.09. The number of aromatic hydroxyl groups is 1. The smallest absolute Gasteiger partial charge is 0.122 e. The molecule has 0 atom stereocenters. The van der Waals surface area contributed by atoms with E-state index in [1.165, 1.54) is 0 Å². The number of rotatable bonds is 1. The molecule has 0 aliphatic rings. The molecule has 0 radical (unpaired) electrons. The minimum atomic E-state index is 0.368. The van der Waals surface area contributed by atoms with Crippen LogP contribution in [-0.2, 0) is 0 Å². The number of phenolic OH excluding ortho intramolecular Hbond substituents is 1. The van der Waals surface area contributed by atoms with Gasteiger partial charge in [-0.1, -0.05) is 12.6 Å². The maximum absolute atomic E-state index is 9.67. The summed E-state index contributed by atoms with van der Waals surface area (Å²) in [4.78, 5) is 0. The minimum Gasteiger partial charge on any atom is -0.507 e. The molecule has 1 heteroatoms. The second kappa shape index (κ2) is 3.51. The van der Waals surface area contributed by atoms with Crippen LogP contribution in [0.3, 0.4) is 0 Å². The minimum absolute atomic E-state index is 0.368. The van der Waals surface area contributed by atoms with Crippen LogP contribution in [0.4, 0.5) is 0 Å². The van der Waals surface area contributed by atoms with Gasteiger partial charge < -0.3 is 5.11 Å². The zero-order valence-electron chi connectivity index (χ0n) is 8.31. The Balaban J connectivity index is 3.52. The molecule has 0 saturated heterocycles. The van der Waals surface area contributed by atoms with Gasteiger partial charge in [-0.15, -0.1) is 5.73 Å². The molecule has 0 heterocycles. The van der Waals surface area contributed by atoms with Crippen molar-refractivity contribution in [3.63, 3.8) is 0 Å². The summed E-state index contributed by atoms with van der Waals surface area (Å²) in [5, 5.41) is 9.67. The molecule has 68 valence electrons. The third-order valence-electron chi connectivity index (χ3n) is 2.24. The predicted molar refractivity (Wildman–Crippen MR) is 55.9 cm³/mol. The van der Waals surface area contributed by atoms with Gasteiger partial charge in [0.25, 0.3) is 0 Å². The molecule has 1 aromatic rings. The fourth-order valence-corrected chi connectivity index (χ4v) is 1.51. The molecular weight excluding hydrogens is 160 g/mol. The Kier molecular flexibility index (Phi) is 2.60. The summed E-state index contributed by atoms with van der Waals surface area (Å²) < 4.78 is 0. The molecule has 0 unspecified atom stereocenters. The monoisotopic (exact) mass is 174 g/mol. The summed E-state index contributed by atoms with van der Waals surface area (Å²) in [6, 6.07) is 1.96. The SMILES string of the molecule is C=C=Cc1c(C)cc(C)c(O)c1C. The largest absolute Gasteiger partial charge is 0.507 e. The van der Waals surface area contributed by atoms with Crippen LogP contribution in [0.2, 0.25) is 0 Å². The molecule has 0 aliphatic carbocycles. The zero-order valence-corrected chi connectivity index (χ0v) is 8.31. The highest BCUT2D eigenvalue weighted by molar-refractivity contribution is 5.62. The zero-order chi connectivity index (χ0) is 10.0. The molecule has 13 heavy (non-hydrogen) atoms. The number of aryl methyl sites for hydroxylation is 2. The summed E-state index contributed by atoms with van der Waals surface area (Å²) in [5.74, 6) is 0.368. The van der Waals surface area contributed by atoms with Gasteiger partial charge in [0, 0.05) is 0 Å². The lowest BCUT2D eigenvalue weighted by atomic mass is 9.98. The van der Waals surface area contributed by atoms with Gasteiger partial charge in [-0.25, -0.2) is 0 Å². The van der Waals surface area contributed by atoms with E-state index in [2.05, 4.69) is 12.3 Å². The van der Waals surface area contributed by atoms with Gasteiger partial charge in [-0.2, -0.15) is 0 Å². The average molecular weight is 174 g/mol. The molecule has 0 amide bonds. The summed E-state index contributed by atoms with van der Waals surface area (Å²) in [6.45, 7) is 9.35. The second-order valence-corrected chi connectivity index (χ2v) is 3.25. The van der Waals surface area contributed by atoms with Gasteiger partial charge in [-0.05, 0) is 49.1 Å². The van der Waals surface area contributed by atoms with E-state index in [0.29, 0.717) is 5.75 Å². The third-order valence-corrected chi connectivity index (χ3v) is 2.24. The fourth-order valence-electron chi connectivity index (χ4n) is 1.51. The quantitative estimate of drug-likeness (QED) is 0.648. The normalized spacial score (nSPS) is 9.46. The van der Waals surface area contributed by atoms with Crippen molar-refractivity contribution in [2.45, 2.75) is 20.8 Å². The van der Waals surface area contributed by atoms with E-state index in [9.17, 15) is 5.11 Å². The van der Waals surface area contributed by atoms with E-state index in [1.54, 1.807) is 6.08 Å². The van der Waals surface area contributed by atoms with Crippen molar-refractivity contribution in [1.82, 2.24) is 0 Å². The molecule has 1 nitrogen and oxygen atoms in total. The highest BCUT2D eigenvalue weighted by atomic mass is 16.3. The van der Waals surface area contributed by atoms with Crippen molar-refractivity contribution in [2.75, 3.05) is 0 Å². The highest BCUT2D eigenvalue weighted by Crippen LogP contribution is 2.28. The first-order chi connectivity index (χ1) is 6.07.